The molecule has 0 unspecified atom stereocenters. The fraction of sp³-hybridized carbons (Fsp3) is 0.300. The summed E-state index contributed by atoms with van der Waals surface area (Å²) in [5, 5.41) is 8.31. The Morgan fingerprint density at radius 1 is 1.57 bits per heavy atom. The Morgan fingerprint density at radius 2 is 2.36 bits per heavy atom. The topological polar surface area (TPSA) is 49.3 Å². The molecule has 0 aliphatic carbocycles. The molecule has 76 valence electrons. The van der Waals surface area contributed by atoms with Crippen molar-refractivity contribution in [1.82, 2.24) is 5.48 Å². The lowest BCUT2D eigenvalue weighted by Crippen LogP contribution is -2.18. The maximum atomic E-state index is 10.8. The van der Waals surface area contributed by atoms with Crippen LogP contribution in [0, 0.1) is 0 Å². The van der Waals surface area contributed by atoms with Gasteiger partial charge in [0.15, 0.2) is 0 Å². The Morgan fingerprint density at radius 3 is 3.00 bits per heavy atom. The standard InChI is InChI=1S/C10H13NO2S/c1-14-9-4-2-3-8(7-9)5-6-10(12)11-13/h2-4,7,13H,5-6H2,1H3,(H,11,12). The maximum absolute atomic E-state index is 10.8. The maximum Gasteiger partial charge on any atom is 0.243 e. The summed E-state index contributed by atoms with van der Waals surface area (Å²) in [5.41, 5.74) is 2.73. The number of carbonyl (C=O) groups is 1. The van der Waals surface area contributed by atoms with Crippen LogP contribution in [0.15, 0.2) is 29.2 Å². The second kappa shape index (κ2) is 5.67. The minimum absolute atomic E-state index is 0.314. The van der Waals surface area contributed by atoms with E-state index in [1.807, 2.05) is 24.5 Å². The summed E-state index contributed by atoms with van der Waals surface area (Å²) >= 11 is 1.67. The van der Waals surface area contributed by atoms with Gasteiger partial charge in [-0.05, 0) is 30.4 Å². The van der Waals surface area contributed by atoms with Gasteiger partial charge in [-0.1, -0.05) is 12.1 Å². The van der Waals surface area contributed by atoms with Crippen LogP contribution < -0.4 is 5.48 Å². The number of hydrogen-bond acceptors (Lipinski definition) is 3. The molecule has 0 heterocycles. The monoisotopic (exact) mass is 211 g/mol. The summed E-state index contributed by atoms with van der Waals surface area (Å²) < 4.78 is 0. The zero-order valence-electron chi connectivity index (χ0n) is 7.99. The summed E-state index contributed by atoms with van der Waals surface area (Å²) in [7, 11) is 0. The molecule has 0 aromatic heterocycles. The molecule has 3 nitrogen and oxygen atoms in total. The lowest BCUT2D eigenvalue weighted by molar-refractivity contribution is -0.129. The van der Waals surface area contributed by atoms with E-state index in [1.54, 1.807) is 17.2 Å². The lowest BCUT2D eigenvalue weighted by atomic mass is 10.1. The number of aryl methyl sites for hydroxylation is 1. The van der Waals surface area contributed by atoms with Gasteiger partial charge in [0.05, 0.1) is 0 Å². The third-order valence-electron chi connectivity index (χ3n) is 1.90. The Labute approximate surface area is 87.5 Å². The van der Waals surface area contributed by atoms with Gasteiger partial charge in [0, 0.05) is 11.3 Å². The second-order valence-corrected chi connectivity index (χ2v) is 3.77. The molecular formula is C10H13NO2S. The van der Waals surface area contributed by atoms with E-state index in [-0.39, 0.29) is 5.91 Å². The Balaban J connectivity index is 2.54. The fourth-order valence-corrected chi connectivity index (χ4v) is 1.63. The summed E-state index contributed by atoms with van der Waals surface area (Å²) in [6.07, 6.45) is 2.98. The molecule has 1 rings (SSSR count). The highest BCUT2D eigenvalue weighted by molar-refractivity contribution is 7.98. The quantitative estimate of drug-likeness (QED) is 0.454. The smallest absolute Gasteiger partial charge is 0.243 e. The minimum atomic E-state index is -0.348. The van der Waals surface area contributed by atoms with E-state index in [4.69, 9.17) is 5.21 Å². The molecule has 0 aliphatic heterocycles. The van der Waals surface area contributed by atoms with Crippen LogP contribution in [-0.4, -0.2) is 17.4 Å². The number of hydrogen-bond donors (Lipinski definition) is 2. The molecule has 14 heavy (non-hydrogen) atoms. The van der Waals surface area contributed by atoms with E-state index in [0.717, 1.165) is 5.56 Å². The van der Waals surface area contributed by atoms with E-state index in [9.17, 15) is 4.79 Å². The number of nitrogens with one attached hydrogen (secondary N) is 1. The second-order valence-electron chi connectivity index (χ2n) is 2.89. The first-order valence-electron chi connectivity index (χ1n) is 4.32. The molecule has 1 amide bonds. The Kier molecular flexibility index (Phi) is 4.49. The number of rotatable bonds is 4. The first kappa shape index (κ1) is 11.1. The Hall–Kier alpha value is -1.00. The highest BCUT2D eigenvalue weighted by Crippen LogP contribution is 2.16. The molecule has 2 N–H and O–H groups in total. The molecule has 0 bridgehead atoms. The van der Waals surface area contributed by atoms with Crippen molar-refractivity contribution < 1.29 is 10.0 Å². The van der Waals surface area contributed by atoms with E-state index >= 15 is 0 Å². The van der Waals surface area contributed by atoms with Gasteiger partial charge >= 0.3 is 0 Å². The predicted molar refractivity (Wildman–Crippen MR) is 56.5 cm³/mol. The predicted octanol–water partition coefficient (Wildman–Crippen LogP) is 1.85. The zero-order valence-corrected chi connectivity index (χ0v) is 8.80. The molecule has 0 saturated carbocycles. The third-order valence-corrected chi connectivity index (χ3v) is 2.62. The minimum Gasteiger partial charge on any atom is -0.289 e. The van der Waals surface area contributed by atoms with Crippen LogP contribution in [0.25, 0.3) is 0 Å². The van der Waals surface area contributed by atoms with E-state index in [1.165, 1.54) is 4.90 Å². The molecule has 0 radical (unpaired) electrons. The molecular weight excluding hydrogens is 198 g/mol. The number of thioether (sulfide) groups is 1. The van der Waals surface area contributed by atoms with Crippen LogP contribution in [0.3, 0.4) is 0 Å². The molecule has 0 spiro atoms. The normalized spacial score (nSPS) is 9.86. The largest absolute Gasteiger partial charge is 0.289 e. The number of carbonyl (C=O) groups excluding carboxylic acids is 1. The van der Waals surface area contributed by atoms with Crippen molar-refractivity contribution in [3.05, 3.63) is 29.8 Å². The third kappa shape index (κ3) is 3.40. The lowest BCUT2D eigenvalue weighted by Gasteiger charge is -2.02. The zero-order chi connectivity index (χ0) is 10.4. The van der Waals surface area contributed by atoms with Gasteiger partial charge in [-0.2, -0.15) is 0 Å². The van der Waals surface area contributed by atoms with Crippen molar-refractivity contribution in [2.45, 2.75) is 17.7 Å². The van der Waals surface area contributed by atoms with Crippen LogP contribution in [0.2, 0.25) is 0 Å². The molecule has 1 aromatic carbocycles. The molecule has 1 aromatic rings. The highest BCUT2D eigenvalue weighted by Gasteiger charge is 2.00. The summed E-state index contributed by atoms with van der Waals surface area (Å²) in [4.78, 5) is 12.0. The SMILES string of the molecule is CSc1cccc(CCC(=O)NO)c1. The molecule has 0 aliphatic rings. The number of amides is 1. The van der Waals surface area contributed by atoms with Gasteiger partial charge in [-0.3, -0.25) is 10.0 Å². The molecule has 0 fully saturated rings. The van der Waals surface area contributed by atoms with Gasteiger partial charge in [0.1, 0.15) is 0 Å². The van der Waals surface area contributed by atoms with Crippen LogP contribution in [0.4, 0.5) is 0 Å². The van der Waals surface area contributed by atoms with Crippen molar-refractivity contribution in [3.8, 4) is 0 Å². The summed E-state index contributed by atoms with van der Waals surface area (Å²) in [6, 6.07) is 8.03. The van der Waals surface area contributed by atoms with Crippen LogP contribution in [0.1, 0.15) is 12.0 Å². The average molecular weight is 211 g/mol. The molecule has 0 atom stereocenters. The molecule has 0 saturated heterocycles. The van der Waals surface area contributed by atoms with E-state index in [2.05, 4.69) is 6.07 Å². The van der Waals surface area contributed by atoms with Crippen molar-refractivity contribution in [2.75, 3.05) is 6.26 Å². The van der Waals surface area contributed by atoms with Gasteiger partial charge in [0.25, 0.3) is 0 Å². The first-order valence-corrected chi connectivity index (χ1v) is 5.54. The number of hydroxylamine groups is 1. The van der Waals surface area contributed by atoms with Crippen LogP contribution in [-0.2, 0) is 11.2 Å². The molecule has 4 heteroatoms. The fourth-order valence-electron chi connectivity index (χ4n) is 1.14. The van der Waals surface area contributed by atoms with Crippen LogP contribution in [0.5, 0.6) is 0 Å². The van der Waals surface area contributed by atoms with E-state index < -0.39 is 0 Å². The number of benzene rings is 1. The van der Waals surface area contributed by atoms with Crippen molar-refractivity contribution >= 4 is 17.7 Å². The summed E-state index contributed by atoms with van der Waals surface area (Å²) in [5.74, 6) is -0.348. The van der Waals surface area contributed by atoms with Gasteiger partial charge < -0.3 is 0 Å². The van der Waals surface area contributed by atoms with Gasteiger partial charge in [-0.15, -0.1) is 11.8 Å². The first-order chi connectivity index (χ1) is 6.76. The highest BCUT2D eigenvalue weighted by atomic mass is 32.2. The average Bonchev–Trinajstić information content (AvgIpc) is 2.26. The van der Waals surface area contributed by atoms with Gasteiger partial charge in [-0.25, -0.2) is 5.48 Å². The van der Waals surface area contributed by atoms with Crippen molar-refractivity contribution in [3.63, 3.8) is 0 Å². The van der Waals surface area contributed by atoms with Crippen molar-refractivity contribution in [2.24, 2.45) is 0 Å². The van der Waals surface area contributed by atoms with E-state index in [0.29, 0.717) is 12.8 Å². The van der Waals surface area contributed by atoms with Gasteiger partial charge in [0.2, 0.25) is 5.91 Å². The summed E-state index contributed by atoms with van der Waals surface area (Å²) in [6.45, 7) is 0. The van der Waals surface area contributed by atoms with Crippen LogP contribution >= 0.6 is 11.8 Å². The Bertz CT molecular complexity index is 315. The van der Waals surface area contributed by atoms with Crippen molar-refractivity contribution in [1.29, 1.82) is 0 Å².